The van der Waals surface area contributed by atoms with Crippen LogP contribution in [0, 0.1) is 12.3 Å². The molecule has 1 aromatic carbocycles. The van der Waals surface area contributed by atoms with Gasteiger partial charge in [-0.3, -0.25) is 0 Å². The van der Waals surface area contributed by atoms with Crippen molar-refractivity contribution in [2.24, 2.45) is 0 Å². The maximum Gasteiger partial charge on any atom is 0.351 e. The van der Waals surface area contributed by atoms with E-state index in [2.05, 4.69) is 5.92 Å². The first-order valence-electron chi connectivity index (χ1n) is 6.92. The van der Waals surface area contributed by atoms with Crippen LogP contribution in [-0.2, 0) is 13.1 Å². The highest BCUT2D eigenvalue weighted by molar-refractivity contribution is 6.32. The zero-order valence-electron chi connectivity index (χ0n) is 11.8. The zero-order valence-corrected chi connectivity index (χ0v) is 12.5. The lowest BCUT2D eigenvalue weighted by molar-refractivity contribution is 0.348. The first kappa shape index (κ1) is 14.5. The van der Waals surface area contributed by atoms with Gasteiger partial charge in [0.15, 0.2) is 0 Å². The van der Waals surface area contributed by atoms with Gasteiger partial charge in [-0.1, -0.05) is 17.5 Å². The molecule has 0 unspecified atom stereocenters. The molecule has 1 aromatic heterocycles. The normalized spacial score (nSPS) is 13.5. The summed E-state index contributed by atoms with van der Waals surface area (Å²) in [5, 5.41) is 0.371. The van der Waals surface area contributed by atoms with Crippen LogP contribution in [0.15, 0.2) is 27.8 Å². The highest BCUT2D eigenvalue weighted by Crippen LogP contribution is 2.26. The number of halogens is 1. The second-order valence-electron chi connectivity index (χ2n) is 4.96. The molecule has 3 rings (SSSR count). The Morgan fingerprint density at radius 1 is 1.18 bits per heavy atom. The van der Waals surface area contributed by atoms with E-state index in [-0.39, 0.29) is 18.0 Å². The highest BCUT2D eigenvalue weighted by Gasteiger charge is 2.20. The number of aromatic nitrogens is 3. The number of nitrogens with zero attached hydrogens (tertiary/aromatic N) is 3. The second kappa shape index (κ2) is 5.78. The molecule has 114 valence electrons. The molecule has 0 bridgehead atoms. The molecule has 0 radical (unpaired) electrons. The van der Waals surface area contributed by atoms with Crippen molar-refractivity contribution >= 4 is 11.6 Å². The quantitative estimate of drug-likeness (QED) is 0.800. The van der Waals surface area contributed by atoms with Crippen molar-refractivity contribution in [3.05, 3.63) is 44.2 Å². The molecule has 22 heavy (non-hydrogen) atoms. The molecule has 0 spiro atoms. The summed E-state index contributed by atoms with van der Waals surface area (Å²) in [5.74, 6) is 2.69. The van der Waals surface area contributed by atoms with Crippen molar-refractivity contribution in [2.75, 3.05) is 6.61 Å². The molecular weight excluding hydrogens is 306 g/mol. The van der Waals surface area contributed by atoms with Crippen LogP contribution in [0.4, 0.5) is 0 Å². The molecule has 2 heterocycles. The third kappa shape index (κ3) is 2.34. The Balaban J connectivity index is 2.13. The Labute approximate surface area is 131 Å². The molecule has 1 aliphatic heterocycles. The highest BCUT2D eigenvalue weighted by atomic mass is 35.5. The average Bonchev–Trinajstić information content (AvgIpc) is 2.79. The van der Waals surface area contributed by atoms with Crippen LogP contribution in [0.1, 0.15) is 12.8 Å². The van der Waals surface area contributed by atoms with Crippen molar-refractivity contribution in [3.8, 4) is 23.8 Å². The predicted octanol–water partition coefficient (Wildman–Crippen LogP) is 1.26. The fraction of sp³-hybridized carbons (Fsp3) is 0.333. The maximum absolute atomic E-state index is 12.4. The molecular formula is C15H14ClN3O3. The summed E-state index contributed by atoms with van der Waals surface area (Å²) in [4.78, 5) is 24.9. The van der Waals surface area contributed by atoms with E-state index in [1.54, 1.807) is 18.2 Å². The van der Waals surface area contributed by atoms with Crippen LogP contribution in [0.25, 0.3) is 5.69 Å². The number of ether oxygens (including phenoxy) is 1. The zero-order chi connectivity index (χ0) is 15.7. The van der Waals surface area contributed by atoms with Crippen molar-refractivity contribution < 1.29 is 4.74 Å². The third-order valence-electron chi connectivity index (χ3n) is 3.59. The summed E-state index contributed by atoms with van der Waals surface area (Å²) in [5.41, 5.74) is -0.286. The largest absolute Gasteiger partial charge is 0.479 e. The van der Waals surface area contributed by atoms with E-state index in [1.165, 1.54) is 9.36 Å². The summed E-state index contributed by atoms with van der Waals surface area (Å²) in [6, 6.07) is 4.74. The molecule has 6 nitrogen and oxygen atoms in total. The lowest BCUT2D eigenvalue weighted by Gasteiger charge is -2.13. The summed E-state index contributed by atoms with van der Waals surface area (Å²) >= 11 is 6.03. The molecule has 0 saturated heterocycles. The first-order chi connectivity index (χ1) is 10.6. The molecule has 7 heteroatoms. The van der Waals surface area contributed by atoms with E-state index in [4.69, 9.17) is 22.8 Å². The van der Waals surface area contributed by atoms with Gasteiger partial charge in [-0.15, -0.1) is 6.42 Å². The molecule has 0 aliphatic carbocycles. The molecule has 0 saturated carbocycles. The van der Waals surface area contributed by atoms with Gasteiger partial charge in [-0.2, -0.15) is 0 Å². The Bertz CT molecular complexity index is 832. The fourth-order valence-electron chi connectivity index (χ4n) is 2.56. The van der Waals surface area contributed by atoms with Crippen molar-refractivity contribution in [2.45, 2.75) is 25.9 Å². The molecule has 0 N–H and O–H groups in total. The van der Waals surface area contributed by atoms with Crippen molar-refractivity contribution in [3.63, 3.8) is 0 Å². The minimum Gasteiger partial charge on any atom is -0.479 e. The first-order valence-corrected chi connectivity index (χ1v) is 7.30. The van der Waals surface area contributed by atoms with Gasteiger partial charge in [0.1, 0.15) is 12.4 Å². The average molecular weight is 320 g/mol. The Morgan fingerprint density at radius 2 is 1.82 bits per heavy atom. The van der Waals surface area contributed by atoms with Crippen molar-refractivity contribution in [1.29, 1.82) is 0 Å². The lowest BCUT2D eigenvalue weighted by Crippen LogP contribution is -2.30. The topological polar surface area (TPSA) is 58.2 Å². The van der Waals surface area contributed by atoms with Crippen LogP contribution in [0.3, 0.4) is 0 Å². The minimum atomic E-state index is -0.352. The fourth-order valence-corrected chi connectivity index (χ4v) is 2.73. The summed E-state index contributed by atoms with van der Waals surface area (Å²) in [6.07, 6.45) is 6.94. The molecule has 2 aromatic rings. The van der Waals surface area contributed by atoms with E-state index in [0.29, 0.717) is 29.5 Å². The molecule has 0 atom stereocenters. The molecule has 0 fully saturated rings. The van der Waals surface area contributed by atoms with Crippen molar-refractivity contribution in [1.82, 2.24) is 13.9 Å². The van der Waals surface area contributed by atoms with Crippen LogP contribution in [0.2, 0.25) is 5.02 Å². The van der Waals surface area contributed by atoms with Crippen LogP contribution in [-0.4, -0.2) is 20.5 Å². The predicted molar refractivity (Wildman–Crippen MR) is 82.9 cm³/mol. The molecule has 0 amide bonds. The van der Waals surface area contributed by atoms with Gasteiger partial charge in [-0.25, -0.2) is 23.5 Å². The minimum absolute atomic E-state index is 0.0588. The Morgan fingerprint density at radius 3 is 2.41 bits per heavy atom. The summed E-state index contributed by atoms with van der Waals surface area (Å²) < 4.78 is 9.41. The maximum atomic E-state index is 12.4. The van der Waals surface area contributed by atoms with E-state index in [9.17, 15) is 9.59 Å². The van der Waals surface area contributed by atoms with E-state index < -0.39 is 0 Å². The summed E-state index contributed by atoms with van der Waals surface area (Å²) in [6.45, 7) is 1.16. The third-order valence-corrected chi connectivity index (χ3v) is 3.90. The SMILES string of the molecule is C#CCOc1cc(-n2c(=O)n3n(c2=O)CCCC3)ccc1Cl. The standard InChI is InChI=1S/C15H14ClN3O3/c1-2-9-22-13-10-11(5-6-12(13)16)19-14(20)17-7-3-4-8-18(17)15(19)21/h1,5-6,10H,3-4,7-9H2. The van der Waals surface area contributed by atoms with Crippen LogP contribution >= 0.6 is 11.6 Å². The van der Waals surface area contributed by atoms with Gasteiger partial charge in [0.2, 0.25) is 0 Å². The van der Waals surface area contributed by atoms with Gasteiger partial charge in [-0.05, 0) is 25.0 Å². The van der Waals surface area contributed by atoms with Crippen LogP contribution < -0.4 is 16.1 Å². The van der Waals surface area contributed by atoms with Gasteiger partial charge in [0.25, 0.3) is 0 Å². The van der Waals surface area contributed by atoms with Gasteiger partial charge < -0.3 is 4.74 Å². The van der Waals surface area contributed by atoms with E-state index in [0.717, 1.165) is 17.4 Å². The lowest BCUT2D eigenvalue weighted by atomic mass is 10.3. The van der Waals surface area contributed by atoms with Gasteiger partial charge >= 0.3 is 11.4 Å². The number of rotatable bonds is 3. The number of hydrogen-bond acceptors (Lipinski definition) is 3. The number of fused-ring (bicyclic) bond motifs is 1. The summed E-state index contributed by atoms with van der Waals surface area (Å²) in [7, 11) is 0. The number of hydrogen-bond donors (Lipinski definition) is 0. The Kier molecular flexibility index (Phi) is 3.82. The van der Waals surface area contributed by atoms with E-state index >= 15 is 0 Å². The molecule has 1 aliphatic rings. The van der Waals surface area contributed by atoms with Crippen LogP contribution in [0.5, 0.6) is 5.75 Å². The monoisotopic (exact) mass is 319 g/mol. The van der Waals surface area contributed by atoms with Gasteiger partial charge in [0, 0.05) is 19.2 Å². The number of terminal acetylenes is 1. The van der Waals surface area contributed by atoms with E-state index in [1.807, 2.05) is 0 Å². The van der Waals surface area contributed by atoms with Gasteiger partial charge in [0.05, 0.1) is 10.7 Å². The smallest absolute Gasteiger partial charge is 0.351 e. The number of benzene rings is 1. The Hall–Kier alpha value is -2.39. The second-order valence-corrected chi connectivity index (χ2v) is 5.37.